The number of nitrogens with zero attached hydrogens (tertiary/aromatic N) is 1. The Balaban J connectivity index is 2.16. The van der Waals surface area contributed by atoms with Crippen molar-refractivity contribution in [2.24, 2.45) is 0 Å². The molecule has 0 aliphatic heterocycles. The van der Waals surface area contributed by atoms with Gasteiger partial charge in [0.05, 0.1) is 24.6 Å². The SMILES string of the molecule is COc1cccc(C#N)c1NC(C)Cc1ccco1. The highest BCUT2D eigenvalue weighted by Gasteiger charge is 2.12. The second-order valence-electron chi connectivity index (χ2n) is 4.32. The lowest BCUT2D eigenvalue weighted by atomic mass is 10.1. The lowest BCUT2D eigenvalue weighted by Gasteiger charge is -2.17. The van der Waals surface area contributed by atoms with Gasteiger partial charge in [-0.05, 0) is 31.2 Å². The van der Waals surface area contributed by atoms with E-state index in [-0.39, 0.29) is 6.04 Å². The van der Waals surface area contributed by atoms with Gasteiger partial charge in [0, 0.05) is 12.5 Å². The van der Waals surface area contributed by atoms with Crippen LogP contribution in [-0.2, 0) is 6.42 Å². The van der Waals surface area contributed by atoms with Crippen LogP contribution in [0, 0.1) is 11.3 Å². The fourth-order valence-corrected chi connectivity index (χ4v) is 1.97. The monoisotopic (exact) mass is 256 g/mol. The van der Waals surface area contributed by atoms with Gasteiger partial charge in [0.2, 0.25) is 0 Å². The van der Waals surface area contributed by atoms with Crippen LogP contribution in [0.15, 0.2) is 41.0 Å². The molecular weight excluding hydrogens is 240 g/mol. The number of nitrogens with one attached hydrogen (secondary N) is 1. The molecule has 1 heterocycles. The molecule has 4 nitrogen and oxygen atoms in total. The molecule has 2 rings (SSSR count). The average Bonchev–Trinajstić information content (AvgIpc) is 2.91. The molecule has 0 saturated carbocycles. The van der Waals surface area contributed by atoms with Crippen LogP contribution in [0.1, 0.15) is 18.2 Å². The molecule has 98 valence electrons. The predicted molar refractivity (Wildman–Crippen MR) is 73.2 cm³/mol. The number of hydrogen-bond donors (Lipinski definition) is 1. The van der Waals surface area contributed by atoms with Crippen molar-refractivity contribution in [3.05, 3.63) is 47.9 Å². The summed E-state index contributed by atoms with van der Waals surface area (Å²) in [6, 6.07) is 11.5. The first-order chi connectivity index (χ1) is 9.24. The highest BCUT2D eigenvalue weighted by molar-refractivity contribution is 5.66. The van der Waals surface area contributed by atoms with Crippen molar-refractivity contribution in [1.29, 1.82) is 5.26 Å². The molecule has 1 unspecified atom stereocenters. The number of anilines is 1. The summed E-state index contributed by atoms with van der Waals surface area (Å²) >= 11 is 0. The van der Waals surface area contributed by atoms with Crippen molar-refractivity contribution in [3.8, 4) is 11.8 Å². The molecule has 0 amide bonds. The fourth-order valence-electron chi connectivity index (χ4n) is 1.97. The predicted octanol–water partition coefficient (Wildman–Crippen LogP) is 3.20. The molecule has 1 aromatic heterocycles. The molecule has 2 aromatic rings. The standard InChI is InChI=1S/C15H16N2O2/c1-11(9-13-6-4-8-19-13)17-15-12(10-16)5-3-7-14(15)18-2/h3-8,11,17H,9H2,1-2H3. The maximum atomic E-state index is 9.14. The molecule has 0 aliphatic carbocycles. The Bertz CT molecular complexity index is 570. The Labute approximate surface area is 112 Å². The Morgan fingerprint density at radius 3 is 2.84 bits per heavy atom. The fraction of sp³-hybridized carbons (Fsp3) is 0.267. The van der Waals surface area contributed by atoms with Crippen molar-refractivity contribution in [2.75, 3.05) is 12.4 Å². The first-order valence-electron chi connectivity index (χ1n) is 6.10. The highest BCUT2D eigenvalue weighted by atomic mass is 16.5. The van der Waals surface area contributed by atoms with Gasteiger partial charge in [0.25, 0.3) is 0 Å². The highest BCUT2D eigenvalue weighted by Crippen LogP contribution is 2.28. The van der Waals surface area contributed by atoms with Gasteiger partial charge in [-0.3, -0.25) is 0 Å². The molecule has 0 spiro atoms. The zero-order valence-electron chi connectivity index (χ0n) is 11.0. The first kappa shape index (κ1) is 13.0. The molecule has 1 N–H and O–H groups in total. The topological polar surface area (TPSA) is 58.2 Å². The van der Waals surface area contributed by atoms with Crippen LogP contribution in [0.25, 0.3) is 0 Å². The van der Waals surface area contributed by atoms with Crippen molar-refractivity contribution in [1.82, 2.24) is 0 Å². The van der Waals surface area contributed by atoms with E-state index in [0.717, 1.165) is 17.9 Å². The minimum Gasteiger partial charge on any atom is -0.495 e. The Hall–Kier alpha value is -2.41. The summed E-state index contributed by atoms with van der Waals surface area (Å²) in [7, 11) is 1.60. The third-order valence-corrected chi connectivity index (χ3v) is 2.84. The largest absolute Gasteiger partial charge is 0.495 e. The molecule has 0 saturated heterocycles. The molecule has 0 fully saturated rings. The van der Waals surface area contributed by atoms with Gasteiger partial charge in [-0.15, -0.1) is 0 Å². The second-order valence-corrected chi connectivity index (χ2v) is 4.32. The molecule has 1 aromatic carbocycles. The van der Waals surface area contributed by atoms with Crippen LogP contribution in [0.4, 0.5) is 5.69 Å². The quantitative estimate of drug-likeness (QED) is 0.892. The van der Waals surface area contributed by atoms with E-state index < -0.39 is 0 Å². The van der Waals surface area contributed by atoms with Gasteiger partial charge in [-0.2, -0.15) is 5.26 Å². The zero-order chi connectivity index (χ0) is 13.7. The number of nitriles is 1. The van der Waals surface area contributed by atoms with Crippen molar-refractivity contribution in [3.63, 3.8) is 0 Å². The molecule has 0 bridgehead atoms. The van der Waals surface area contributed by atoms with E-state index in [1.807, 2.05) is 25.1 Å². The molecule has 4 heteroatoms. The lowest BCUT2D eigenvalue weighted by Crippen LogP contribution is -2.19. The van der Waals surface area contributed by atoms with Crippen LogP contribution < -0.4 is 10.1 Å². The smallest absolute Gasteiger partial charge is 0.143 e. The zero-order valence-corrected chi connectivity index (χ0v) is 11.0. The van der Waals surface area contributed by atoms with E-state index in [9.17, 15) is 0 Å². The lowest BCUT2D eigenvalue weighted by molar-refractivity contribution is 0.415. The summed E-state index contributed by atoms with van der Waals surface area (Å²) in [4.78, 5) is 0. The molecular formula is C15H16N2O2. The summed E-state index contributed by atoms with van der Waals surface area (Å²) in [6.45, 7) is 2.04. The molecule has 1 atom stereocenters. The van der Waals surface area contributed by atoms with E-state index in [4.69, 9.17) is 14.4 Å². The molecule has 0 radical (unpaired) electrons. The van der Waals surface area contributed by atoms with E-state index in [2.05, 4.69) is 11.4 Å². The Morgan fingerprint density at radius 2 is 2.21 bits per heavy atom. The van der Waals surface area contributed by atoms with E-state index in [1.54, 1.807) is 25.5 Å². The minimum atomic E-state index is 0.134. The van der Waals surface area contributed by atoms with Crippen LogP contribution >= 0.6 is 0 Å². The van der Waals surface area contributed by atoms with Gasteiger partial charge in [-0.1, -0.05) is 6.07 Å². The minimum absolute atomic E-state index is 0.134. The van der Waals surface area contributed by atoms with Crippen LogP contribution in [0.2, 0.25) is 0 Å². The van der Waals surface area contributed by atoms with Crippen molar-refractivity contribution >= 4 is 5.69 Å². The molecule has 19 heavy (non-hydrogen) atoms. The number of para-hydroxylation sites is 1. The molecule has 0 aliphatic rings. The van der Waals surface area contributed by atoms with Gasteiger partial charge in [-0.25, -0.2) is 0 Å². The van der Waals surface area contributed by atoms with Crippen molar-refractivity contribution < 1.29 is 9.15 Å². The summed E-state index contributed by atoms with van der Waals surface area (Å²) in [5.41, 5.74) is 1.30. The first-order valence-corrected chi connectivity index (χ1v) is 6.10. The summed E-state index contributed by atoms with van der Waals surface area (Å²) < 4.78 is 10.6. The number of hydrogen-bond acceptors (Lipinski definition) is 4. The number of methoxy groups -OCH3 is 1. The van der Waals surface area contributed by atoms with E-state index >= 15 is 0 Å². The van der Waals surface area contributed by atoms with E-state index in [0.29, 0.717) is 11.3 Å². The van der Waals surface area contributed by atoms with Crippen LogP contribution in [-0.4, -0.2) is 13.2 Å². The normalized spacial score (nSPS) is 11.6. The summed E-state index contributed by atoms with van der Waals surface area (Å²) in [6.07, 6.45) is 2.40. The Morgan fingerprint density at radius 1 is 1.37 bits per heavy atom. The third-order valence-electron chi connectivity index (χ3n) is 2.84. The van der Waals surface area contributed by atoms with Crippen molar-refractivity contribution in [2.45, 2.75) is 19.4 Å². The van der Waals surface area contributed by atoms with Gasteiger partial charge < -0.3 is 14.5 Å². The number of rotatable bonds is 5. The maximum absolute atomic E-state index is 9.14. The Kier molecular flexibility index (Phi) is 4.09. The second kappa shape index (κ2) is 5.96. The van der Waals surface area contributed by atoms with Gasteiger partial charge in [0.1, 0.15) is 17.6 Å². The number of benzene rings is 1. The van der Waals surface area contributed by atoms with Gasteiger partial charge >= 0.3 is 0 Å². The maximum Gasteiger partial charge on any atom is 0.143 e. The van der Waals surface area contributed by atoms with E-state index in [1.165, 1.54) is 0 Å². The third kappa shape index (κ3) is 3.08. The number of ether oxygens (including phenoxy) is 1. The summed E-state index contributed by atoms with van der Waals surface area (Å²) in [5, 5.41) is 12.5. The summed E-state index contributed by atoms with van der Waals surface area (Å²) in [5.74, 6) is 1.58. The van der Waals surface area contributed by atoms with Crippen LogP contribution in [0.5, 0.6) is 5.75 Å². The number of furan rings is 1. The van der Waals surface area contributed by atoms with Gasteiger partial charge in [0.15, 0.2) is 0 Å². The average molecular weight is 256 g/mol. The van der Waals surface area contributed by atoms with Crippen LogP contribution in [0.3, 0.4) is 0 Å².